The molecule has 1 heterocycles. The van der Waals surface area contributed by atoms with Gasteiger partial charge in [0.2, 0.25) is 11.8 Å². The summed E-state index contributed by atoms with van der Waals surface area (Å²) in [5.41, 5.74) is 1.74. The second kappa shape index (κ2) is 4.91. The zero-order valence-electron chi connectivity index (χ0n) is 11.5. The number of aryl methyl sites for hydroxylation is 1. The number of carbonyl (C=O) groups is 2. The predicted molar refractivity (Wildman–Crippen MR) is 87.7 cm³/mol. The van der Waals surface area contributed by atoms with Crippen LogP contribution in [0.1, 0.15) is 12.0 Å². The van der Waals surface area contributed by atoms with Crippen molar-refractivity contribution < 1.29 is 15.1 Å². The fraction of sp³-hybridized carbons (Fsp3) is 0.375. The molecule has 0 radical (unpaired) electrons. The third kappa shape index (κ3) is 1.90. The Labute approximate surface area is 136 Å². The smallest absolute Gasteiger partial charge is 0.238 e. The highest BCUT2D eigenvalue weighted by Crippen LogP contribution is 2.53. The van der Waals surface area contributed by atoms with Crippen molar-refractivity contribution in [2.45, 2.75) is 13.3 Å². The monoisotopic (exact) mass is 397 g/mol. The lowest BCUT2D eigenvalue weighted by Crippen LogP contribution is -2.33. The lowest BCUT2D eigenvalue weighted by molar-refractivity contribution is -0.123. The molecular formula is C16H16INO3. The van der Waals surface area contributed by atoms with Crippen molar-refractivity contribution in [3.8, 4) is 0 Å². The number of nitrogens with zero attached hydrogens (tertiary/aromatic N) is 1. The van der Waals surface area contributed by atoms with Crippen LogP contribution in [0.15, 0.2) is 30.4 Å². The van der Waals surface area contributed by atoms with Crippen molar-refractivity contribution >= 4 is 40.1 Å². The Morgan fingerprint density at radius 1 is 1.10 bits per heavy atom. The molecule has 5 heteroatoms. The van der Waals surface area contributed by atoms with E-state index in [2.05, 4.69) is 34.7 Å². The van der Waals surface area contributed by atoms with Gasteiger partial charge in [-0.05, 0) is 71.5 Å². The maximum atomic E-state index is 12.7. The van der Waals surface area contributed by atoms with Crippen molar-refractivity contribution in [1.29, 1.82) is 0 Å². The number of hydrogen-bond donors (Lipinski definition) is 0. The number of fused-ring (bicyclic) bond motifs is 5. The van der Waals surface area contributed by atoms with E-state index in [-0.39, 0.29) is 41.0 Å². The van der Waals surface area contributed by atoms with E-state index in [0.717, 1.165) is 21.2 Å². The zero-order chi connectivity index (χ0) is 14.0. The molecule has 2 fully saturated rings. The van der Waals surface area contributed by atoms with Gasteiger partial charge in [0.05, 0.1) is 17.5 Å². The number of benzene rings is 1. The SMILES string of the molecule is Cc1cc(I)ccc1N1C(=O)C2C3C=CC(C3)C2C1=O.O. The van der Waals surface area contributed by atoms with E-state index in [0.29, 0.717) is 0 Å². The normalized spacial score (nSPS) is 32.6. The molecular weight excluding hydrogens is 381 g/mol. The number of rotatable bonds is 1. The summed E-state index contributed by atoms with van der Waals surface area (Å²) in [5.74, 6) is 0.320. The highest BCUT2D eigenvalue weighted by Gasteiger charge is 2.59. The van der Waals surface area contributed by atoms with Crippen molar-refractivity contribution in [2.24, 2.45) is 23.7 Å². The molecule has 110 valence electrons. The molecule has 3 aliphatic rings. The van der Waals surface area contributed by atoms with Crippen LogP contribution in [0.3, 0.4) is 0 Å². The van der Waals surface area contributed by atoms with Crippen LogP contribution in [0, 0.1) is 34.2 Å². The van der Waals surface area contributed by atoms with E-state index in [9.17, 15) is 9.59 Å². The molecule has 1 aliphatic heterocycles. The molecule has 2 bridgehead atoms. The van der Waals surface area contributed by atoms with Crippen molar-refractivity contribution in [3.05, 3.63) is 39.5 Å². The molecule has 21 heavy (non-hydrogen) atoms. The molecule has 1 saturated heterocycles. The Morgan fingerprint density at radius 3 is 2.19 bits per heavy atom. The van der Waals surface area contributed by atoms with Crippen LogP contribution in [0.5, 0.6) is 0 Å². The highest BCUT2D eigenvalue weighted by molar-refractivity contribution is 14.1. The average molecular weight is 397 g/mol. The van der Waals surface area contributed by atoms with Gasteiger partial charge in [-0.1, -0.05) is 12.2 Å². The fourth-order valence-corrected chi connectivity index (χ4v) is 4.66. The minimum atomic E-state index is -0.115. The summed E-state index contributed by atoms with van der Waals surface area (Å²) in [6, 6.07) is 5.85. The summed E-state index contributed by atoms with van der Waals surface area (Å²) in [5, 5.41) is 0. The van der Waals surface area contributed by atoms with Gasteiger partial charge in [0.1, 0.15) is 0 Å². The number of allylic oxidation sites excluding steroid dienone is 2. The summed E-state index contributed by atoms with van der Waals surface area (Å²) in [6.45, 7) is 1.96. The highest BCUT2D eigenvalue weighted by atomic mass is 127. The molecule has 1 aromatic carbocycles. The molecule has 4 nitrogen and oxygen atoms in total. The maximum absolute atomic E-state index is 12.7. The maximum Gasteiger partial charge on any atom is 0.238 e. The molecule has 4 rings (SSSR count). The first-order chi connectivity index (χ1) is 9.58. The Kier molecular flexibility index (Phi) is 3.44. The van der Waals surface area contributed by atoms with E-state index >= 15 is 0 Å². The third-order valence-corrected chi connectivity index (χ3v) is 5.54. The van der Waals surface area contributed by atoms with E-state index in [1.165, 1.54) is 4.90 Å². The minimum absolute atomic E-state index is 0. The average Bonchev–Trinajstić information content (AvgIpc) is 3.06. The predicted octanol–water partition coefficient (Wildman–Crippen LogP) is 2.09. The first-order valence-electron chi connectivity index (χ1n) is 6.90. The molecule has 4 atom stereocenters. The van der Waals surface area contributed by atoms with Gasteiger partial charge in [0.15, 0.2) is 0 Å². The van der Waals surface area contributed by atoms with Crippen LogP contribution >= 0.6 is 22.6 Å². The van der Waals surface area contributed by atoms with E-state index in [4.69, 9.17) is 0 Å². The number of anilines is 1. The molecule has 1 aromatic rings. The van der Waals surface area contributed by atoms with Crippen molar-refractivity contribution in [3.63, 3.8) is 0 Å². The first-order valence-corrected chi connectivity index (χ1v) is 7.98. The fourth-order valence-electron chi connectivity index (χ4n) is 4.01. The second-order valence-electron chi connectivity index (χ2n) is 5.94. The van der Waals surface area contributed by atoms with Gasteiger partial charge in [-0.15, -0.1) is 0 Å². The zero-order valence-corrected chi connectivity index (χ0v) is 13.7. The van der Waals surface area contributed by atoms with Gasteiger partial charge in [-0.3, -0.25) is 9.59 Å². The van der Waals surface area contributed by atoms with Gasteiger partial charge in [-0.2, -0.15) is 0 Å². The number of carbonyl (C=O) groups excluding carboxylic acids is 2. The molecule has 2 aliphatic carbocycles. The van der Waals surface area contributed by atoms with Crippen LogP contribution in [0.4, 0.5) is 5.69 Å². The molecule has 0 aromatic heterocycles. The van der Waals surface area contributed by atoms with Crippen LogP contribution in [0.2, 0.25) is 0 Å². The lowest BCUT2D eigenvalue weighted by atomic mass is 9.85. The van der Waals surface area contributed by atoms with E-state index < -0.39 is 0 Å². The number of amides is 2. The molecule has 2 amide bonds. The van der Waals surface area contributed by atoms with Crippen molar-refractivity contribution in [2.75, 3.05) is 4.90 Å². The van der Waals surface area contributed by atoms with Gasteiger partial charge in [0.25, 0.3) is 0 Å². The Bertz CT molecular complexity index is 639. The molecule has 0 spiro atoms. The molecule has 4 unspecified atom stereocenters. The molecule has 2 N–H and O–H groups in total. The Morgan fingerprint density at radius 2 is 1.67 bits per heavy atom. The second-order valence-corrected chi connectivity index (χ2v) is 7.19. The minimum Gasteiger partial charge on any atom is -0.412 e. The third-order valence-electron chi connectivity index (χ3n) is 4.87. The standard InChI is InChI=1S/C16H14INO2.H2O/c1-8-6-11(17)4-5-12(8)18-15(19)13-9-2-3-10(7-9)14(13)16(18)20;/h2-6,9-10,13-14H,7H2,1H3;1H2. The summed E-state index contributed by atoms with van der Waals surface area (Å²) in [6.07, 6.45) is 5.23. The lowest BCUT2D eigenvalue weighted by Gasteiger charge is -2.19. The van der Waals surface area contributed by atoms with Crippen molar-refractivity contribution in [1.82, 2.24) is 0 Å². The number of halogens is 1. The largest absolute Gasteiger partial charge is 0.412 e. The van der Waals surface area contributed by atoms with E-state index in [1.54, 1.807) is 0 Å². The molecule has 1 saturated carbocycles. The van der Waals surface area contributed by atoms with Crippen LogP contribution in [0.25, 0.3) is 0 Å². The van der Waals surface area contributed by atoms with Gasteiger partial charge < -0.3 is 5.48 Å². The Balaban J connectivity index is 0.00000132. The summed E-state index contributed by atoms with van der Waals surface area (Å²) < 4.78 is 1.12. The number of imide groups is 1. The van der Waals surface area contributed by atoms with Crippen LogP contribution in [-0.2, 0) is 9.59 Å². The van der Waals surface area contributed by atoms with Crippen LogP contribution < -0.4 is 4.90 Å². The topological polar surface area (TPSA) is 68.9 Å². The quantitative estimate of drug-likeness (QED) is 0.414. The van der Waals surface area contributed by atoms with E-state index in [1.807, 2.05) is 25.1 Å². The number of hydrogen-bond acceptors (Lipinski definition) is 2. The first kappa shape index (κ1) is 14.7. The summed E-state index contributed by atoms with van der Waals surface area (Å²) in [7, 11) is 0. The van der Waals surface area contributed by atoms with Gasteiger partial charge >= 0.3 is 0 Å². The Hall–Kier alpha value is -1.21. The van der Waals surface area contributed by atoms with Gasteiger partial charge in [0, 0.05) is 3.57 Å². The van der Waals surface area contributed by atoms with Crippen LogP contribution in [-0.4, -0.2) is 17.3 Å². The summed E-state index contributed by atoms with van der Waals surface area (Å²) in [4.78, 5) is 26.8. The van der Waals surface area contributed by atoms with Gasteiger partial charge in [-0.25, -0.2) is 4.90 Å². The summed E-state index contributed by atoms with van der Waals surface area (Å²) >= 11 is 2.24.